The minimum Gasteiger partial charge on any atom is -0.345 e. The molecule has 5 heteroatoms. The highest BCUT2D eigenvalue weighted by molar-refractivity contribution is 6.10. The molecule has 1 saturated heterocycles. The molecule has 1 aliphatic heterocycles. The lowest BCUT2D eigenvalue weighted by Crippen LogP contribution is -2.57. The van der Waals surface area contributed by atoms with Crippen molar-refractivity contribution in [2.75, 3.05) is 11.4 Å². The predicted molar refractivity (Wildman–Crippen MR) is 71.7 cm³/mol. The first-order valence-electron chi connectivity index (χ1n) is 6.12. The minimum absolute atomic E-state index is 0.0415. The van der Waals surface area contributed by atoms with Crippen molar-refractivity contribution >= 4 is 28.4 Å². The van der Waals surface area contributed by atoms with Crippen molar-refractivity contribution in [3.05, 3.63) is 36.5 Å². The summed E-state index contributed by atoms with van der Waals surface area (Å²) in [5.74, 6) is -0.246. The average molecular weight is 255 g/mol. The molecule has 0 spiro atoms. The molecule has 0 radical (unpaired) electrons. The molecule has 1 aromatic heterocycles. The van der Waals surface area contributed by atoms with E-state index in [0.717, 1.165) is 16.6 Å². The highest BCUT2D eigenvalue weighted by Crippen LogP contribution is 2.28. The molecular formula is C14H13N3O2. The monoisotopic (exact) mass is 255 g/mol. The predicted octanol–water partition coefficient (Wildman–Crippen LogP) is 1.09. The number of piperazine rings is 1. The molecule has 1 N–H and O–H groups in total. The largest absolute Gasteiger partial charge is 0.345 e. The number of benzene rings is 1. The number of carbonyl (C=O) groups excluding carboxylic acids is 2. The molecule has 0 aliphatic carbocycles. The fourth-order valence-electron chi connectivity index (χ4n) is 2.37. The van der Waals surface area contributed by atoms with Crippen molar-refractivity contribution in [2.24, 2.45) is 0 Å². The Bertz CT molecular complexity index is 663. The van der Waals surface area contributed by atoms with Gasteiger partial charge in [-0.15, -0.1) is 0 Å². The van der Waals surface area contributed by atoms with Gasteiger partial charge in [0.2, 0.25) is 11.8 Å². The summed E-state index contributed by atoms with van der Waals surface area (Å²) in [7, 11) is 0. The first kappa shape index (κ1) is 11.6. The van der Waals surface area contributed by atoms with Crippen molar-refractivity contribution in [1.82, 2.24) is 10.3 Å². The van der Waals surface area contributed by atoms with E-state index >= 15 is 0 Å². The van der Waals surface area contributed by atoms with Crippen LogP contribution in [-0.2, 0) is 9.59 Å². The standard InChI is InChI=1S/C14H13N3O2/c1-9-14(19)16-8-13(18)17(9)12-6-2-5-11-10(12)4-3-7-15-11/h2-7,9H,8H2,1H3,(H,16,19). The van der Waals surface area contributed by atoms with E-state index in [2.05, 4.69) is 10.3 Å². The van der Waals surface area contributed by atoms with Crippen LogP contribution in [0, 0.1) is 0 Å². The summed E-state index contributed by atoms with van der Waals surface area (Å²) in [5, 5.41) is 3.46. The first-order valence-corrected chi connectivity index (χ1v) is 6.12. The lowest BCUT2D eigenvalue weighted by atomic mass is 10.1. The number of nitrogens with zero attached hydrogens (tertiary/aromatic N) is 2. The van der Waals surface area contributed by atoms with Crippen molar-refractivity contribution in [1.29, 1.82) is 0 Å². The lowest BCUT2D eigenvalue weighted by Gasteiger charge is -2.33. The van der Waals surface area contributed by atoms with Gasteiger partial charge in [-0.25, -0.2) is 0 Å². The summed E-state index contributed by atoms with van der Waals surface area (Å²) < 4.78 is 0. The van der Waals surface area contributed by atoms with Gasteiger partial charge in [-0.3, -0.25) is 19.5 Å². The minimum atomic E-state index is -0.507. The van der Waals surface area contributed by atoms with Gasteiger partial charge in [-0.05, 0) is 31.2 Å². The Morgan fingerprint density at radius 2 is 2.11 bits per heavy atom. The number of carbonyl (C=O) groups is 2. The number of hydrogen-bond acceptors (Lipinski definition) is 3. The van der Waals surface area contributed by atoms with Crippen LogP contribution in [0.5, 0.6) is 0 Å². The number of pyridine rings is 1. The van der Waals surface area contributed by atoms with Gasteiger partial charge >= 0.3 is 0 Å². The molecule has 0 saturated carbocycles. The van der Waals surface area contributed by atoms with Gasteiger partial charge in [-0.1, -0.05) is 6.07 Å². The molecule has 1 aromatic carbocycles. The molecule has 96 valence electrons. The van der Waals surface area contributed by atoms with Crippen molar-refractivity contribution in [3.8, 4) is 0 Å². The zero-order valence-electron chi connectivity index (χ0n) is 10.5. The van der Waals surface area contributed by atoms with Crippen LogP contribution < -0.4 is 10.2 Å². The zero-order valence-corrected chi connectivity index (χ0v) is 10.5. The molecule has 5 nitrogen and oxygen atoms in total. The number of anilines is 1. The van der Waals surface area contributed by atoms with Crippen LogP contribution in [0.15, 0.2) is 36.5 Å². The molecule has 0 bridgehead atoms. The van der Waals surface area contributed by atoms with Gasteiger partial charge in [0.05, 0.1) is 17.7 Å². The number of rotatable bonds is 1. The Hall–Kier alpha value is -2.43. The summed E-state index contributed by atoms with van der Waals surface area (Å²) in [6, 6.07) is 8.80. The highest BCUT2D eigenvalue weighted by atomic mass is 16.2. The van der Waals surface area contributed by atoms with Gasteiger partial charge in [-0.2, -0.15) is 0 Å². The summed E-state index contributed by atoms with van der Waals surface area (Å²) >= 11 is 0. The Labute approximate surface area is 110 Å². The SMILES string of the molecule is CC1C(=O)NCC(=O)N1c1cccc2ncccc12. The number of aromatic nitrogens is 1. The Balaban J connectivity index is 2.17. The number of nitrogens with one attached hydrogen (secondary N) is 1. The van der Waals surface area contributed by atoms with Crippen LogP contribution in [0.25, 0.3) is 10.9 Å². The molecule has 1 aliphatic rings. The van der Waals surface area contributed by atoms with Gasteiger partial charge in [0.15, 0.2) is 0 Å². The molecule has 1 atom stereocenters. The second kappa shape index (κ2) is 4.35. The van der Waals surface area contributed by atoms with E-state index < -0.39 is 6.04 Å². The third kappa shape index (κ3) is 1.83. The van der Waals surface area contributed by atoms with E-state index in [-0.39, 0.29) is 18.4 Å². The second-order valence-corrected chi connectivity index (χ2v) is 4.50. The van der Waals surface area contributed by atoms with Crippen LogP contribution >= 0.6 is 0 Å². The highest BCUT2D eigenvalue weighted by Gasteiger charge is 2.32. The maximum atomic E-state index is 12.1. The summed E-state index contributed by atoms with van der Waals surface area (Å²) in [6.07, 6.45) is 1.71. The van der Waals surface area contributed by atoms with Crippen LogP contribution in [0.3, 0.4) is 0 Å². The van der Waals surface area contributed by atoms with Crippen molar-refractivity contribution in [3.63, 3.8) is 0 Å². The molecule has 1 fully saturated rings. The van der Waals surface area contributed by atoms with Crippen LogP contribution in [0.4, 0.5) is 5.69 Å². The van der Waals surface area contributed by atoms with Crippen LogP contribution in [0.2, 0.25) is 0 Å². The molecule has 1 unspecified atom stereocenters. The van der Waals surface area contributed by atoms with Gasteiger partial charge < -0.3 is 5.32 Å². The van der Waals surface area contributed by atoms with E-state index in [4.69, 9.17) is 0 Å². The maximum absolute atomic E-state index is 12.1. The normalized spacial score (nSPS) is 19.6. The first-order chi connectivity index (χ1) is 9.18. The van der Waals surface area contributed by atoms with Crippen LogP contribution in [-0.4, -0.2) is 29.4 Å². The van der Waals surface area contributed by atoms with Crippen molar-refractivity contribution < 1.29 is 9.59 Å². The maximum Gasteiger partial charge on any atom is 0.247 e. The Morgan fingerprint density at radius 1 is 1.26 bits per heavy atom. The van der Waals surface area contributed by atoms with E-state index in [9.17, 15) is 9.59 Å². The second-order valence-electron chi connectivity index (χ2n) is 4.50. The van der Waals surface area contributed by atoms with E-state index in [1.807, 2.05) is 30.3 Å². The Morgan fingerprint density at radius 3 is 2.95 bits per heavy atom. The third-order valence-corrected chi connectivity index (χ3v) is 3.33. The summed E-state index contributed by atoms with van der Waals surface area (Å²) in [4.78, 5) is 29.6. The van der Waals surface area contributed by atoms with E-state index in [1.165, 1.54) is 0 Å². The zero-order chi connectivity index (χ0) is 13.4. The molecular weight excluding hydrogens is 242 g/mol. The Kier molecular flexibility index (Phi) is 2.67. The number of fused-ring (bicyclic) bond motifs is 1. The molecule has 2 amide bonds. The molecule has 3 rings (SSSR count). The summed E-state index contributed by atoms with van der Waals surface area (Å²) in [5.41, 5.74) is 1.55. The fourth-order valence-corrected chi connectivity index (χ4v) is 2.37. The van der Waals surface area contributed by atoms with Crippen molar-refractivity contribution in [2.45, 2.75) is 13.0 Å². The fraction of sp³-hybridized carbons (Fsp3) is 0.214. The molecule has 2 aromatic rings. The summed E-state index contributed by atoms with van der Waals surface area (Å²) in [6.45, 7) is 1.77. The number of amides is 2. The van der Waals surface area contributed by atoms with E-state index in [0.29, 0.717) is 0 Å². The molecule has 2 heterocycles. The lowest BCUT2D eigenvalue weighted by molar-refractivity contribution is -0.130. The topological polar surface area (TPSA) is 62.3 Å². The van der Waals surface area contributed by atoms with E-state index in [1.54, 1.807) is 18.0 Å². The molecule has 19 heavy (non-hydrogen) atoms. The van der Waals surface area contributed by atoms with Crippen LogP contribution in [0.1, 0.15) is 6.92 Å². The average Bonchev–Trinajstić information content (AvgIpc) is 2.44. The van der Waals surface area contributed by atoms with Gasteiger partial charge in [0, 0.05) is 11.6 Å². The van der Waals surface area contributed by atoms with Gasteiger partial charge in [0.25, 0.3) is 0 Å². The smallest absolute Gasteiger partial charge is 0.247 e. The third-order valence-electron chi connectivity index (χ3n) is 3.33. The number of hydrogen-bond donors (Lipinski definition) is 1. The quantitative estimate of drug-likeness (QED) is 0.829. The van der Waals surface area contributed by atoms with Gasteiger partial charge in [0.1, 0.15) is 6.04 Å².